The molecule has 0 radical (unpaired) electrons. The van der Waals surface area contributed by atoms with Gasteiger partial charge in [0, 0.05) is 30.3 Å². The van der Waals surface area contributed by atoms with E-state index in [1.165, 1.54) is 6.92 Å². The summed E-state index contributed by atoms with van der Waals surface area (Å²) < 4.78 is 11.0. The molecule has 0 saturated heterocycles. The van der Waals surface area contributed by atoms with E-state index in [4.69, 9.17) is 9.47 Å². The number of benzene rings is 2. The molecular weight excluding hydrogens is 416 g/mol. The topological polar surface area (TPSA) is 88.4 Å². The van der Waals surface area contributed by atoms with Crippen LogP contribution in [-0.4, -0.2) is 18.4 Å². The minimum Gasteiger partial charge on any atom is -0.490 e. The first-order valence-corrected chi connectivity index (χ1v) is 11.1. The number of nitrogens with zero attached hydrogens (tertiary/aromatic N) is 1. The molecule has 0 amide bonds. The molecule has 0 spiro atoms. The van der Waals surface area contributed by atoms with Crippen LogP contribution in [0.15, 0.2) is 71.1 Å². The lowest BCUT2D eigenvalue weighted by molar-refractivity contribution is -0.132. The molecule has 0 saturated carbocycles. The number of carbonyl (C=O) groups excluding carboxylic acids is 2. The summed E-state index contributed by atoms with van der Waals surface area (Å²) in [6, 6.07) is 17.6. The largest absolute Gasteiger partial charge is 0.490 e. The van der Waals surface area contributed by atoms with Crippen molar-refractivity contribution in [2.75, 3.05) is 6.61 Å². The van der Waals surface area contributed by atoms with Crippen LogP contribution in [-0.2, 0) is 9.59 Å². The van der Waals surface area contributed by atoms with E-state index in [1.54, 1.807) is 18.2 Å². The van der Waals surface area contributed by atoms with Crippen molar-refractivity contribution < 1.29 is 19.1 Å². The fourth-order valence-electron chi connectivity index (χ4n) is 4.69. The smallest absolute Gasteiger partial charge is 0.308 e. The first kappa shape index (κ1) is 22.3. The molecule has 6 nitrogen and oxygen atoms in total. The Morgan fingerprint density at radius 2 is 1.88 bits per heavy atom. The highest BCUT2D eigenvalue weighted by atomic mass is 16.6. The highest BCUT2D eigenvalue weighted by molar-refractivity contribution is 6.00. The van der Waals surface area contributed by atoms with Crippen molar-refractivity contribution in [2.45, 2.75) is 45.4 Å². The molecule has 4 rings (SSSR count). The van der Waals surface area contributed by atoms with Crippen molar-refractivity contribution in [3.63, 3.8) is 0 Å². The summed E-state index contributed by atoms with van der Waals surface area (Å²) in [7, 11) is 0. The number of carbonyl (C=O) groups is 2. The second-order valence-electron chi connectivity index (χ2n) is 8.27. The van der Waals surface area contributed by atoms with Crippen LogP contribution >= 0.6 is 0 Å². The van der Waals surface area contributed by atoms with Crippen molar-refractivity contribution >= 4 is 11.8 Å². The Balaban J connectivity index is 1.79. The van der Waals surface area contributed by atoms with Gasteiger partial charge in [-0.15, -0.1) is 0 Å². The summed E-state index contributed by atoms with van der Waals surface area (Å²) in [5.74, 6) is -0.0995. The summed E-state index contributed by atoms with van der Waals surface area (Å²) in [5.41, 5.74) is 4.63. The Hall–Kier alpha value is -3.85. The second kappa shape index (κ2) is 9.33. The molecule has 0 bridgehead atoms. The minimum atomic E-state index is -0.499. The average Bonchev–Trinajstić information content (AvgIpc) is 2.79. The van der Waals surface area contributed by atoms with Crippen LogP contribution in [0.25, 0.3) is 0 Å². The van der Waals surface area contributed by atoms with Gasteiger partial charge in [-0.2, -0.15) is 5.26 Å². The van der Waals surface area contributed by atoms with Crippen LogP contribution in [0.3, 0.4) is 0 Å². The normalized spacial score (nSPS) is 20.0. The summed E-state index contributed by atoms with van der Waals surface area (Å²) in [6.07, 6.45) is 1.09. The third-order valence-corrected chi connectivity index (χ3v) is 6.07. The van der Waals surface area contributed by atoms with Gasteiger partial charge in [0.1, 0.15) is 0 Å². The zero-order chi connectivity index (χ0) is 23.5. The number of ether oxygens (including phenoxy) is 2. The van der Waals surface area contributed by atoms with Crippen LogP contribution in [0, 0.1) is 11.3 Å². The van der Waals surface area contributed by atoms with E-state index in [-0.39, 0.29) is 11.7 Å². The number of hydrogen-bond donors (Lipinski definition) is 1. The van der Waals surface area contributed by atoms with E-state index in [0.717, 1.165) is 22.5 Å². The van der Waals surface area contributed by atoms with Crippen molar-refractivity contribution in [2.24, 2.45) is 0 Å². The Morgan fingerprint density at radius 1 is 1.12 bits per heavy atom. The molecule has 2 aliphatic rings. The first-order valence-electron chi connectivity index (χ1n) is 11.1. The Kier molecular flexibility index (Phi) is 6.32. The fourth-order valence-corrected chi connectivity index (χ4v) is 4.69. The van der Waals surface area contributed by atoms with Crippen molar-refractivity contribution in [1.82, 2.24) is 5.32 Å². The van der Waals surface area contributed by atoms with Crippen LogP contribution in [0.2, 0.25) is 0 Å². The van der Waals surface area contributed by atoms with E-state index in [1.807, 2.05) is 32.0 Å². The predicted octanol–water partition coefficient (Wildman–Crippen LogP) is 4.90. The number of hydrogen-bond acceptors (Lipinski definition) is 6. The van der Waals surface area contributed by atoms with Gasteiger partial charge >= 0.3 is 5.97 Å². The van der Waals surface area contributed by atoms with E-state index in [9.17, 15) is 14.9 Å². The maximum Gasteiger partial charge on any atom is 0.308 e. The number of nitrogens with one attached hydrogen (secondary N) is 1. The molecule has 1 N–H and O–H groups in total. The standard InChI is InChI=1S/C27H26N2O4/c1-4-32-25-14-19(10-11-24(25)33-17(3)30)26-21(15-28)16(2)29-22-12-20(13-23(31)27(22)26)18-8-6-5-7-9-18/h5-11,14,20,26,29H,4,12-13H2,1-3H3/t20-,26-/m0/s1. The Labute approximate surface area is 193 Å². The number of ketones is 1. The lowest BCUT2D eigenvalue weighted by Gasteiger charge is -2.35. The van der Waals surface area contributed by atoms with Crippen LogP contribution < -0.4 is 14.8 Å². The monoisotopic (exact) mass is 442 g/mol. The number of Topliss-reactive ketones (excluding diaryl/α,β-unsaturated/α-hetero) is 1. The van der Waals surface area contributed by atoms with Gasteiger partial charge < -0.3 is 14.8 Å². The van der Waals surface area contributed by atoms with Crippen molar-refractivity contribution in [3.8, 4) is 17.6 Å². The van der Waals surface area contributed by atoms with Gasteiger partial charge in [0.05, 0.1) is 24.2 Å². The first-order chi connectivity index (χ1) is 15.9. The third-order valence-electron chi connectivity index (χ3n) is 6.07. The molecule has 0 unspecified atom stereocenters. The van der Waals surface area contributed by atoms with Gasteiger partial charge in [0.25, 0.3) is 0 Å². The van der Waals surface area contributed by atoms with E-state index >= 15 is 0 Å². The number of nitriles is 1. The number of dihydropyridines is 1. The quantitative estimate of drug-likeness (QED) is 0.524. The number of esters is 1. The molecule has 0 fully saturated rings. The fraction of sp³-hybridized carbons (Fsp3) is 0.296. The van der Waals surface area contributed by atoms with Gasteiger partial charge in [0.15, 0.2) is 17.3 Å². The third kappa shape index (κ3) is 4.40. The molecule has 1 aliphatic heterocycles. The summed E-state index contributed by atoms with van der Waals surface area (Å²) in [4.78, 5) is 24.9. The predicted molar refractivity (Wildman–Crippen MR) is 124 cm³/mol. The Bertz CT molecular complexity index is 1200. The molecule has 6 heteroatoms. The minimum absolute atomic E-state index is 0.0323. The van der Waals surface area contributed by atoms with Crippen molar-refractivity contribution in [1.29, 1.82) is 5.26 Å². The van der Waals surface area contributed by atoms with E-state index < -0.39 is 11.9 Å². The van der Waals surface area contributed by atoms with Crippen LogP contribution in [0.4, 0.5) is 0 Å². The number of allylic oxidation sites excluding steroid dienone is 4. The van der Waals surface area contributed by atoms with Crippen LogP contribution in [0.5, 0.6) is 11.5 Å². The molecule has 0 aromatic heterocycles. The van der Waals surface area contributed by atoms with Crippen molar-refractivity contribution in [3.05, 3.63) is 82.2 Å². The average molecular weight is 443 g/mol. The second-order valence-corrected chi connectivity index (χ2v) is 8.27. The van der Waals surface area contributed by atoms with E-state index in [0.29, 0.717) is 42.1 Å². The maximum absolute atomic E-state index is 13.5. The maximum atomic E-state index is 13.5. The molecule has 1 heterocycles. The molecule has 1 aliphatic carbocycles. The van der Waals surface area contributed by atoms with Gasteiger partial charge in [-0.05, 0) is 49.4 Å². The van der Waals surface area contributed by atoms with Gasteiger partial charge in [0.2, 0.25) is 0 Å². The lowest BCUT2D eigenvalue weighted by Crippen LogP contribution is -2.33. The molecule has 33 heavy (non-hydrogen) atoms. The van der Waals surface area contributed by atoms with Gasteiger partial charge in [-0.1, -0.05) is 36.4 Å². The van der Waals surface area contributed by atoms with E-state index in [2.05, 4.69) is 23.5 Å². The lowest BCUT2D eigenvalue weighted by atomic mass is 9.72. The summed E-state index contributed by atoms with van der Waals surface area (Å²) in [5, 5.41) is 13.3. The summed E-state index contributed by atoms with van der Waals surface area (Å²) >= 11 is 0. The zero-order valence-electron chi connectivity index (χ0n) is 19.0. The highest BCUT2D eigenvalue weighted by Crippen LogP contribution is 2.46. The highest BCUT2D eigenvalue weighted by Gasteiger charge is 2.39. The molecular formula is C27H26N2O4. The van der Waals surface area contributed by atoms with Crippen LogP contribution in [0.1, 0.15) is 56.6 Å². The van der Waals surface area contributed by atoms with Gasteiger partial charge in [-0.25, -0.2) is 0 Å². The zero-order valence-corrected chi connectivity index (χ0v) is 19.0. The number of rotatable bonds is 5. The molecule has 168 valence electrons. The SMILES string of the molecule is CCOc1cc([C@H]2C(C#N)=C(C)NC3=C2C(=O)C[C@@H](c2ccccc2)C3)ccc1OC(C)=O. The Morgan fingerprint density at radius 3 is 2.55 bits per heavy atom. The summed E-state index contributed by atoms with van der Waals surface area (Å²) in [6.45, 7) is 5.42. The molecule has 2 aromatic rings. The van der Waals surface area contributed by atoms with Gasteiger partial charge in [-0.3, -0.25) is 9.59 Å². The molecule has 2 atom stereocenters. The molecule has 2 aromatic carbocycles.